The first-order valence-corrected chi connectivity index (χ1v) is 9.55. The van der Waals surface area contributed by atoms with E-state index in [0.29, 0.717) is 5.92 Å². The minimum atomic E-state index is -0.0482. The van der Waals surface area contributed by atoms with Crippen molar-refractivity contribution in [2.45, 2.75) is 52.9 Å². The molecule has 0 aliphatic carbocycles. The van der Waals surface area contributed by atoms with Gasteiger partial charge in [-0.3, -0.25) is 0 Å². The number of hydrogen-bond donors (Lipinski definition) is 0. The van der Waals surface area contributed by atoms with Gasteiger partial charge in [-0.1, -0.05) is 34.6 Å². The van der Waals surface area contributed by atoms with E-state index in [1.807, 2.05) is 6.07 Å². The largest absolute Gasteiger partial charge is 0.496 e. The average molecular weight is 355 g/mol. The van der Waals surface area contributed by atoms with Crippen LogP contribution in [0.2, 0.25) is 0 Å². The number of nitrogens with zero attached hydrogens (tertiary/aromatic N) is 2. The van der Waals surface area contributed by atoms with Crippen LogP contribution in [-0.2, 0) is 5.41 Å². The lowest BCUT2D eigenvalue weighted by atomic mass is 9.87. The first-order valence-electron chi connectivity index (χ1n) is 8.67. The Kier molecular flexibility index (Phi) is 4.58. The molecule has 0 amide bonds. The standard InChI is InChI=1S/C21H26N2OS/c1-12(2)17-11-25-20(23-17)16-10-15-13(3)18(24-7)9-8-14(15)19(22-16)21(4,5)6/h8-12H,1-7H3. The Hall–Kier alpha value is -1.94. The molecule has 0 bridgehead atoms. The van der Waals surface area contributed by atoms with Gasteiger partial charge in [0, 0.05) is 16.2 Å². The molecule has 0 radical (unpaired) electrons. The number of methoxy groups -OCH3 is 1. The van der Waals surface area contributed by atoms with Crippen LogP contribution in [0, 0.1) is 6.92 Å². The summed E-state index contributed by atoms with van der Waals surface area (Å²) in [7, 11) is 1.72. The molecule has 0 saturated heterocycles. The molecule has 3 nitrogen and oxygen atoms in total. The lowest BCUT2D eigenvalue weighted by molar-refractivity contribution is 0.412. The number of benzene rings is 1. The quantitative estimate of drug-likeness (QED) is 0.570. The van der Waals surface area contributed by atoms with Gasteiger partial charge in [0.2, 0.25) is 0 Å². The second-order valence-electron chi connectivity index (χ2n) is 7.83. The number of pyridine rings is 1. The summed E-state index contributed by atoms with van der Waals surface area (Å²) in [5.74, 6) is 1.33. The average Bonchev–Trinajstić information content (AvgIpc) is 3.04. The summed E-state index contributed by atoms with van der Waals surface area (Å²) < 4.78 is 5.53. The summed E-state index contributed by atoms with van der Waals surface area (Å²) in [6.07, 6.45) is 0. The molecule has 2 aromatic heterocycles. The van der Waals surface area contributed by atoms with E-state index in [0.717, 1.165) is 33.4 Å². The van der Waals surface area contributed by atoms with Crippen molar-refractivity contribution in [2.24, 2.45) is 0 Å². The van der Waals surface area contributed by atoms with Crippen LogP contribution in [0.1, 0.15) is 57.5 Å². The fraction of sp³-hybridized carbons (Fsp3) is 0.429. The fourth-order valence-electron chi connectivity index (χ4n) is 3.02. The Balaban J connectivity index is 2.30. The molecule has 2 heterocycles. The molecule has 3 rings (SSSR count). The molecule has 0 spiro atoms. The van der Waals surface area contributed by atoms with Crippen LogP contribution < -0.4 is 4.74 Å². The predicted octanol–water partition coefficient (Wildman–Crippen LogP) is 6.10. The van der Waals surface area contributed by atoms with Crippen molar-refractivity contribution in [2.75, 3.05) is 7.11 Å². The Morgan fingerprint density at radius 1 is 1.08 bits per heavy atom. The van der Waals surface area contributed by atoms with Crippen LogP contribution in [0.5, 0.6) is 5.75 Å². The predicted molar refractivity (Wildman–Crippen MR) is 107 cm³/mol. The highest BCUT2D eigenvalue weighted by Gasteiger charge is 2.22. The molecule has 0 fully saturated rings. The van der Waals surface area contributed by atoms with Crippen molar-refractivity contribution < 1.29 is 4.74 Å². The maximum absolute atomic E-state index is 5.53. The maximum Gasteiger partial charge on any atom is 0.142 e. The van der Waals surface area contributed by atoms with Gasteiger partial charge in [-0.15, -0.1) is 11.3 Å². The van der Waals surface area contributed by atoms with E-state index in [9.17, 15) is 0 Å². The molecule has 25 heavy (non-hydrogen) atoms. The van der Waals surface area contributed by atoms with E-state index in [2.05, 4.69) is 59.1 Å². The van der Waals surface area contributed by atoms with Crippen molar-refractivity contribution in [1.82, 2.24) is 9.97 Å². The lowest BCUT2D eigenvalue weighted by Gasteiger charge is -2.22. The van der Waals surface area contributed by atoms with E-state index >= 15 is 0 Å². The number of ether oxygens (including phenoxy) is 1. The van der Waals surface area contributed by atoms with E-state index < -0.39 is 0 Å². The normalized spacial score (nSPS) is 12.2. The molecule has 3 aromatic rings. The van der Waals surface area contributed by atoms with Gasteiger partial charge in [0.05, 0.1) is 24.2 Å². The third-order valence-electron chi connectivity index (χ3n) is 4.50. The summed E-state index contributed by atoms with van der Waals surface area (Å²) in [4.78, 5) is 9.83. The molecule has 0 aliphatic rings. The number of aryl methyl sites for hydroxylation is 1. The van der Waals surface area contributed by atoms with Gasteiger partial charge in [0.25, 0.3) is 0 Å². The fourth-order valence-corrected chi connectivity index (χ4v) is 3.96. The van der Waals surface area contributed by atoms with Crippen LogP contribution in [0.25, 0.3) is 21.5 Å². The molecule has 132 valence electrons. The first kappa shape index (κ1) is 17.9. The van der Waals surface area contributed by atoms with Gasteiger partial charge in [0.1, 0.15) is 10.8 Å². The Bertz CT molecular complexity index is 920. The van der Waals surface area contributed by atoms with E-state index in [1.165, 1.54) is 10.8 Å². The molecule has 0 unspecified atom stereocenters. The molecular weight excluding hydrogens is 328 g/mol. The number of hydrogen-bond acceptors (Lipinski definition) is 4. The summed E-state index contributed by atoms with van der Waals surface area (Å²) >= 11 is 1.67. The molecule has 1 aromatic carbocycles. The van der Waals surface area contributed by atoms with Crippen molar-refractivity contribution >= 4 is 22.1 Å². The monoisotopic (exact) mass is 354 g/mol. The molecule has 4 heteroatoms. The summed E-state index contributed by atoms with van der Waals surface area (Å²) in [6.45, 7) is 13.1. The highest BCUT2D eigenvalue weighted by Crippen LogP contribution is 2.37. The van der Waals surface area contributed by atoms with Crippen LogP contribution in [0.3, 0.4) is 0 Å². The summed E-state index contributed by atoms with van der Waals surface area (Å²) in [5.41, 5.74) is 4.28. The number of aromatic nitrogens is 2. The smallest absolute Gasteiger partial charge is 0.142 e. The minimum absolute atomic E-state index is 0.0482. The minimum Gasteiger partial charge on any atom is -0.496 e. The number of thiazole rings is 1. The van der Waals surface area contributed by atoms with Gasteiger partial charge in [0.15, 0.2) is 0 Å². The van der Waals surface area contributed by atoms with E-state index in [-0.39, 0.29) is 5.41 Å². The van der Waals surface area contributed by atoms with E-state index in [4.69, 9.17) is 14.7 Å². The Morgan fingerprint density at radius 3 is 2.36 bits per heavy atom. The molecule has 0 N–H and O–H groups in total. The van der Waals surface area contributed by atoms with Gasteiger partial charge in [-0.05, 0) is 42.0 Å². The second-order valence-corrected chi connectivity index (χ2v) is 8.68. The van der Waals surface area contributed by atoms with Crippen molar-refractivity contribution in [1.29, 1.82) is 0 Å². The SMILES string of the molecule is COc1ccc2c(C(C)(C)C)nc(-c3nc(C(C)C)cs3)cc2c1C. The first-order chi connectivity index (χ1) is 11.7. The Labute approximate surface area is 154 Å². The number of rotatable bonds is 3. The Morgan fingerprint density at radius 2 is 1.80 bits per heavy atom. The molecule has 0 aliphatic heterocycles. The van der Waals surface area contributed by atoms with Crippen LogP contribution in [0.4, 0.5) is 0 Å². The van der Waals surface area contributed by atoms with Crippen LogP contribution >= 0.6 is 11.3 Å². The lowest BCUT2D eigenvalue weighted by Crippen LogP contribution is -2.15. The molecule has 0 saturated carbocycles. The van der Waals surface area contributed by atoms with E-state index in [1.54, 1.807) is 18.4 Å². The third-order valence-corrected chi connectivity index (χ3v) is 5.38. The highest BCUT2D eigenvalue weighted by molar-refractivity contribution is 7.13. The summed E-state index contributed by atoms with van der Waals surface area (Å²) in [6, 6.07) is 6.32. The van der Waals surface area contributed by atoms with Crippen LogP contribution in [0.15, 0.2) is 23.6 Å². The zero-order valence-electron chi connectivity index (χ0n) is 16.1. The van der Waals surface area contributed by atoms with Crippen LogP contribution in [-0.4, -0.2) is 17.1 Å². The zero-order valence-corrected chi connectivity index (χ0v) is 16.9. The third kappa shape index (κ3) is 3.28. The van der Waals surface area contributed by atoms with Gasteiger partial charge >= 0.3 is 0 Å². The summed E-state index contributed by atoms with van der Waals surface area (Å²) in [5, 5.41) is 5.50. The maximum atomic E-state index is 5.53. The van der Waals surface area contributed by atoms with Gasteiger partial charge < -0.3 is 4.74 Å². The zero-order chi connectivity index (χ0) is 18.4. The molecular formula is C21H26N2OS. The highest BCUT2D eigenvalue weighted by atomic mass is 32.1. The van der Waals surface area contributed by atoms with Crippen molar-refractivity contribution in [3.63, 3.8) is 0 Å². The van der Waals surface area contributed by atoms with Gasteiger partial charge in [-0.25, -0.2) is 9.97 Å². The van der Waals surface area contributed by atoms with Crippen molar-refractivity contribution in [3.8, 4) is 16.5 Å². The molecule has 0 atom stereocenters. The van der Waals surface area contributed by atoms with Gasteiger partial charge in [-0.2, -0.15) is 0 Å². The second kappa shape index (κ2) is 6.41. The topological polar surface area (TPSA) is 35.0 Å². The number of fused-ring (bicyclic) bond motifs is 1. The van der Waals surface area contributed by atoms with Crippen molar-refractivity contribution in [3.05, 3.63) is 40.5 Å².